The first-order chi connectivity index (χ1) is 7.93. The molecule has 0 saturated carbocycles. The molecule has 0 aliphatic rings. The third-order valence-electron chi connectivity index (χ3n) is 2.67. The van der Waals surface area contributed by atoms with Crippen LogP contribution in [0.3, 0.4) is 0 Å². The van der Waals surface area contributed by atoms with Gasteiger partial charge in [0, 0.05) is 37.2 Å². The number of aromatic nitrogens is 1. The van der Waals surface area contributed by atoms with Gasteiger partial charge in [0.2, 0.25) is 0 Å². The molecule has 17 heavy (non-hydrogen) atoms. The predicted octanol–water partition coefficient (Wildman–Crippen LogP) is 3.52. The Morgan fingerprint density at radius 3 is 2.18 bits per heavy atom. The second-order valence-electron chi connectivity index (χ2n) is 3.76. The topological polar surface area (TPSA) is 12.9 Å². The quantitative estimate of drug-likeness (QED) is 0.556. The maximum atomic E-state index is 4.65. The van der Waals surface area contributed by atoms with E-state index in [0.29, 0.717) is 0 Å². The molecule has 0 spiro atoms. The van der Waals surface area contributed by atoms with E-state index in [1.807, 2.05) is 36.4 Å². The zero-order chi connectivity index (χ0) is 10.8. The molecule has 0 fully saturated rings. The van der Waals surface area contributed by atoms with Gasteiger partial charge in [0.1, 0.15) is 0 Å². The van der Waals surface area contributed by atoms with Crippen LogP contribution in [0.5, 0.6) is 0 Å². The van der Waals surface area contributed by atoms with Gasteiger partial charge in [-0.15, -0.1) is 0 Å². The van der Waals surface area contributed by atoms with Crippen molar-refractivity contribution in [2.75, 3.05) is 0 Å². The van der Waals surface area contributed by atoms with Crippen LogP contribution in [0.15, 0.2) is 66.7 Å². The number of benzene rings is 2. The Kier molecular flexibility index (Phi) is 3.86. The van der Waals surface area contributed by atoms with Crippen molar-refractivity contribution in [1.29, 1.82) is 0 Å². The molecule has 2 aromatic carbocycles. The van der Waals surface area contributed by atoms with E-state index in [1.165, 1.54) is 5.39 Å². The van der Waals surface area contributed by atoms with Crippen LogP contribution in [0.25, 0.3) is 22.2 Å². The molecule has 3 rings (SSSR count). The first-order valence-corrected chi connectivity index (χ1v) is 5.35. The van der Waals surface area contributed by atoms with E-state index in [1.54, 1.807) is 0 Å². The molecular weight excluding hydrogens is 403 g/mol. The van der Waals surface area contributed by atoms with Crippen LogP contribution >= 0.6 is 0 Å². The third-order valence-corrected chi connectivity index (χ3v) is 2.67. The number of fused-ring (bicyclic) bond motifs is 1. The van der Waals surface area contributed by atoms with Crippen molar-refractivity contribution in [2.45, 2.75) is 0 Å². The van der Waals surface area contributed by atoms with Gasteiger partial charge in [0.25, 0.3) is 0 Å². The van der Waals surface area contributed by atoms with Crippen molar-refractivity contribution in [1.82, 2.24) is 4.98 Å². The molecule has 0 aliphatic carbocycles. The Morgan fingerprint density at radius 1 is 0.647 bits per heavy atom. The molecule has 2 heteroatoms. The van der Waals surface area contributed by atoms with Gasteiger partial charge >= 0.3 is 0 Å². The Morgan fingerprint density at radius 2 is 1.35 bits per heavy atom. The van der Waals surface area contributed by atoms with E-state index in [2.05, 4.69) is 35.3 Å². The molecule has 0 unspecified atom stereocenters. The van der Waals surface area contributed by atoms with Crippen molar-refractivity contribution in [3.8, 4) is 11.3 Å². The Bertz CT molecular complexity index is 620. The summed E-state index contributed by atoms with van der Waals surface area (Å²) in [5, 5.41) is 1.18. The smallest absolute Gasteiger partial charge is 0.0709 e. The Labute approximate surface area is 120 Å². The second-order valence-corrected chi connectivity index (χ2v) is 3.76. The van der Waals surface area contributed by atoms with E-state index < -0.39 is 0 Å². The molecule has 1 nitrogen and oxygen atoms in total. The molecule has 0 saturated heterocycles. The largest absolute Gasteiger partial charge is 0.248 e. The van der Waals surface area contributed by atoms with Gasteiger partial charge in [0.05, 0.1) is 11.2 Å². The first-order valence-electron chi connectivity index (χ1n) is 5.35. The summed E-state index contributed by atoms with van der Waals surface area (Å²) in [6, 6.07) is 22.6. The number of nitrogens with zero attached hydrogens (tertiary/aromatic N) is 1. The summed E-state index contributed by atoms with van der Waals surface area (Å²) in [5.74, 6) is 0. The molecule has 0 atom stereocenters. The average Bonchev–Trinajstić information content (AvgIpc) is 2.39. The summed E-state index contributed by atoms with van der Waals surface area (Å²) in [4.78, 5) is 4.65. The SMILES string of the molecule is [Bi].c1ccc(-c2ccc3ccccc3n2)cc1. The fourth-order valence-electron chi connectivity index (χ4n) is 1.84. The summed E-state index contributed by atoms with van der Waals surface area (Å²) >= 11 is 0. The van der Waals surface area contributed by atoms with Gasteiger partial charge in [0.15, 0.2) is 0 Å². The maximum Gasteiger partial charge on any atom is 0.0709 e. The summed E-state index contributed by atoms with van der Waals surface area (Å²) in [5.41, 5.74) is 3.23. The summed E-state index contributed by atoms with van der Waals surface area (Å²) < 4.78 is 0. The van der Waals surface area contributed by atoms with Crippen molar-refractivity contribution in [3.63, 3.8) is 0 Å². The molecular formula is C15H11BiN. The molecule has 3 aromatic rings. The Balaban J connectivity index is 0.00000108. The third kappa shape index (κ3) is 2.53. The average molecular weight is 414 g/mol. The molecule has 0 bridgehead atoms. The van der Waals surface area contributed by atoms with E-state index >= 15 is 0 Å². The molecule has 81 valence electrons. The monoisotopic (exact) mass is 414 g/mol. The number of hydrogen-bond donors (Lipinski definition) is 0. The van der Waals surface area contributed by atoms with E-state index in [0.717, 1.165) is 16.8 Å². The number of hydrogen-bond acceptors (Lipinski definition) is 1. The van der Waals surface area contributed by atoms with Crippen LogP contribution in [-0.4, -0.2) is 31.2 Å². The minimum atomic E-state index is 0. The zero-order valence-corrected chi connectivity index (χ0v) is 12.7. The Hall–Kier alpha value is -1.27. The van der Waals surface area contributed by atoms with Gasteiger partial charge in [-0.25, -0.2) is 4.98 Å². The van der Waals surface area contributed by atoms with Crippen LogP contribution in [-0.2, 0) is 0 Å². The van der Waals surface area contributed by atoms with Gasteiger partial charge in [-0.05, 0) is 12.1 Å². The van der Waals surface area contributed by atoms with Crippen LogP contribution in [0.2, 0.25) is 0 Å². The van der Waals surface area contributed by atoms with Crippen molar-refractivity contribution < 1.29 is 0 Å². The summed E-state index contributed by atoms with van der Waals surface area (Å²) in [6.07, 6.45) is 0. The fourth-order valence-corrected chi connectivity index (χ4v) is 1.84. The van der Waals surface area contributed by atoms with Crippen LogP contribution < -0.4 is 0 Å². The predicted molar refractivity (Wildman–Crippen MR) is 72.9 cm³/mol. The summed E-state index contributed by atoms with van der Waals surface area (Å²) in [7, 11) is 0. The zero-order valence-electron chi connectivity index (χ0n) is 9.25. The summed E-state index contributed by atoms with van der Waals surface area (Å²) in [6.45, 7) is 0. The molecule has 0 amide bonds. The van der Waals surface area contributed by atoms with Crippen molar-refractivity contribution in [3.05, 3.63) is 66.7 Å². The van der Waals surface area contributed by atoms with Crippen LogP contribution in [0, 0.1) is 0 Å². The molecule has 1 aromatic heterocycles. The molecule has 0 aliphatic heterocycles. The van der Waals surface area contributed by atoms with E-state index in [4.69, 9.17) is 0 Å². The maximum absolute atomic E-state index is 4.65. The fraction of sp³-hybridized carbons (Fsp3) is 0. The molecule has 3 radical (unpaired) electrons. The van der Waals surface area contributed by atoms with E-state index in [-0.39, 0.29) is 26.2 Å². The van der Waals surface area contributed by atoms with Gasteiger partial charge in [-0.2, -0.15) is 0 Å². The second kappa shape index (κ2) is 5.38. The standard InChI is InChI=1S/C15H11N.Bi/c1-2-6-12(7-3-1)15-11-10-13-8-4-5-9-14(13)16-15;/h1-11H;. The number of para-hydroxylation sites is 1. The minimum absolute atomic E-state index is 0. The normalized spacial score (nSPS) is 9.88. The van der Waals surface area contributed by atoms with E-state index in [9.17, 15) is 0 Å². The van der Waals surface area contributed by atoms with Gasteiger partial charge in [-0.3, -0.25) is 0 Å². The minimum Gasteiger partial charge on any atom is -0.248 e. The molecule has 0 N–H and O–H groups in total. The van der Waals surface area contributed by atoms with Gasteiger partial charge in [-0.1, -0.05) is 54.6 Å². The first kappa shape index (κ1) is 12.2. The van der Waals surface area contributed by atoms with Crippen molar-refractivity contribution in [2.24, 2.45) is 0 Å². The molecule has 1 heterocycles. The van der Waals surface area contributed by atoms with Crippen LogP contribution in [0.1, 0.15) is 0 Å². The number of rotatable bonds is 1. The number of pyridine rings is 1. The van der Waals surface area contributed by atoms with Crippen LogP contribution in [0.4, 0.5) is 0 Å². The van der Waals surface area contributed by atoms with Crippen molar-refractivity contribution >= 4 is 37.1 Å². The van der Waals surface area contributed by atoms with Gasteiger partial charge < -0.3 is 0 Å².